The van der Waals surface area contributed by atoms with Gasteiger partial charge in [0.15, 0.2) is 0 Å². The van der Waals surface area contributed by atoms with Crippen molar-refractivity contribution in [1.29, 1.82) is 0 Å². The van der Waals surface area contributed by atoms with Crippen molar-refractivity contribution >= 4 is 29.0 Å². The van der Waals surface area contributed by atoms with E-state index in [0.717, 1.165) is 31.3 Å². The number of rotatable bonds is 4. The standard InChI is InChI=1S/C14H20N2OS2/c17-14(9-15-8-12-2-1-6-18-12)16-5-3-13-11(10-16)4-7-19-13/h4,7,12,15H,1-3,5-6,8-10H2. The molecular weight excluding hydrogens is 276 g/mol. The highest BCUT2D eigenvalue weighted by Gasteiger charge is 2.21. The van der Waals surface area contributed by atoms with Gasteiger partial charge in [0.1, 0.15) is 0 Å². The van der Waals surface area contributed by atoms with Crippen LogP contribution in [0.4, 0.5) is 0 Å². The summed E-state index contributed by atoms with van der Waals surface area (Å²) in [6, 6.07) is 2.15. The van der Waals surface area contributed by atoms with Crippen LogP contribution in [0.1, 0.15) is 23.3 Å². The highest BCUT2D eigenvalue weighted by Crippen LogP contribution is 2.25. The smallest absolute Gasteiger partial charge is 0.236 e. The zero-order chi connectivity index (χ0) is 13.1. The number of hydrogen-bond donors (Lipinski definition) is 1. The lowest BCUT2D eigenvalue weighted by Crippen LogP contribution is -2.41. The van der Waals surface area contributed by atoms with E-state index >= 15 is 0 Å². The lowest BCUT2D eigenvalue weighted by atomic mass is 10.1. The maximum Gasteiger partial charge on any atom is 0.236 e. The van der Waals surface area contributed by atoms with E-state index in [0.29, 0.717) is 6.54 Å². The first-order valence-corrected chi connectivity index (χ1v) is 8.91. The van der Waals surface area contributed by atoms with Crippen LogP contribution in [-0.4, -0.2) is 41.4 Å². The van der Waals surface area contributed by atoms with Gasteiger partial charge in [0.05, 0.1) is 6.54 Å². The van der Waals surface area contributed by atoms with Crippen LogP contribution in [0.3, 0.4) is 0 Å². The lowest BCUT2D eigenvalue weighted by Gasteiger charge is -2.27. The number of carbonyl (C=O) groups is 1. The predicted octanol–water partition coefficient (Wildman–Crippen LogP) is 2.12. The van der Waals surface area contributed by atoms with Crippen LogP contribution in [-0.2, 0) is 17.8 Å². The molecule has 2 aliphatic rings. The van der Waals surface area contributed by atoms with Crippen molar-refractivity contribution in [3.8, 4) is 0 Å². The van der Waals surface area contributed by atoms with E-state index < -0.39 is 0 Å². The summed E-state index contributed by atoms with van der Waals surface area (Å²) in [6.07, 6.45) is 3.66. The minimum absolute atomic E-state index is 0.250. The number of nitrogens with one attached hydrogen (secondary N) is 1. The van der Waals surface area contributed by atoms with E-state index in [2.05, 4.69) is 16.8 Å². The molecule has 1 aromatic rings. The minimum atomic E-state index is 0.250. The molecule has 1 atom stereocenters. The average molecular weight is 296 g/mol. The monoisotopic (exact) mass is 296 g/mol. The van der Waals surface area contributed by atoms with Gasteiger partial charge in [0.25, 0.3) is 0 Å². The van der Waals surface area contributed by atoms with Gasteiger partial charge in [-0.3, -0.25) is 4.79 Å². The highest BCUT2D eigenvalue weighted by atomic mass is 32.2. The van der Waals surface area contributed by atoms with Crippen molar-refractivity contribution in [1.82, 2.24) is 10.2 Å². The summed E-state index contributed by atoms with van der Waals surface area (Å²) in [4.78, 5) is 15.6. The zero-order valence-electron chi connectivity index (χ0n) is 11.1. The molecule has 0 aliphatic carbocycles. The Balaban J connectivity index is 1.43. The molecule has 5 heteroatoms. The Hall–Kier alpha value is -0.520. The molecule has 0 aromatic carbocycles. The molecule has 2 aliphatic heterocycles. The van der Waals surface area contributed by atoms with E-state index in [1.54, 1.807) is 0 Å². The average Bonchev–Trinajstić information content (AvgIpc) is 3.08. The summed E-state index contributed by atoms with van der Waals surface area (Å²) in [5.41, 5.74) is 1.34. The molecule has 0 spiro atoms. The second-order valence-electron chi connectivity index (χ2n) is 5.20. The SMILES string of the molecule is O=C(CNCC1CCCS1)N1CCc2sccc2C1. The second kappa shape index (κ2) is 6.29. The van der Waals surface area contributed by atoms with Crippen molar-refractivity contribution in [3.63, 3.8) is 0 Å². The second-order valence-corrected chi connectivity index (χ2v) is 7.61. The van der Waals surface area contributed by atoms with Gasteiger partial charge < -0.3 is 10.2 Å². The fraction of sp³-hybridized carbons (Fsp3) is 0.643. The Labute approximate surface area is 122 Å². The number of carbonyl (C=O) groups excluding carboxylic acids is 1. The van der Waals surface area contributed by atoms with Crippen LogP contribution in [0.15, 0.2) is 11.4 Å². The van der Waals surface area contributed by atoms with Crippen LogP contribution < -0.4 is 5.32 Å². The minimum Gasteiger partial charge on any atom is -0.337 e. The lowest BCUT2D eigenvalue weighted by molar-refractivity contribution is -0.131. The molecule has 3 nitrogen and oxygen atoms in total. The number of fused-ring (bicyclic) bond motifs is 1. The molecular formula is C14H20N2OS2. The molecule has 1 saturated heterocycles. The summed E-state index contributed by atoms with van der Waals surface area (Å²) in [7, 11) is 0. The largest absolute Gasteiger partial charge is 0.337 e. The fourth-order valence-corrected chi connectivity index (χ4v) is 4.84. The van der Waals surface area contributed by atoms with Gasteiger partial charge >= 0.3 is 0 Å². The summed E-state index contributed by atoms with van der Waals surface area (Å²) >= 11 is 3.85. The third-order valence-electron chi connectivity index (χ3n) is 3.83. The molecule has 0 bridgehead atoms. The zero-order valence-corrected chi connectivity index (χ0v) is 12.7. The summed E-state index contributed by atoms with van der Waals surface area (Å²) in [5.74, 6) is 1.53. The third-order valence-corrected chi connectivity index (χ3v) is 6.25. The van der Waals surface area contributed by atoms with E-state index in [9.17, 15) is 4.79 Å². The Morgan fingerprint density at radius 1 is 1.53 bits per heavy atom. The van der Waals surface area contributed by atoms with Crippen LogP contribution in [0.2, 0.25) is 0 Å². The molecule has 1 N–H and O–H groups in total. The van der Waals surface area contributed by atoms with Gasteiger partial charge in [0, 0.05) is 29.8 Å². The first kappa shape index (κ1) is 13.5. The molecule has 104 valence electrons. The van der Waals surface area contributed by atoms with E-state index in [4.69, 9.17) is 0 Å². The molecule has 0 radical (unpaired) electrons. The van der Waals surface area contributed by atoms with Gasteiger partial charge in [-0.05, 0) is 42.0 Å². The third kappa shape index (κ3) is 3.33. The van der Waals surface area contributed by atoms with Crippen LogP contribution >= 0.6 is 23.1 Å². The molecule has 1 aromatic heterocycles. The molecule has 1 fully saturated rings. The van der Waals surface area contributed by atoms with Gasteiger partial charge in [0.2, 0.25) is 5.91 Å². The van der Waals surface area contributed by atoms with Crippen molar-refractivity contribution in [2.75, 3.05) is 25.4 Å². The number of amides is 1. The molecule has 3 heterocycles. The number of hydrogen-bond acceptors (Lipinski definition) is 4. The predicted molar refractivity (Wildman–Crippen MR) is 81.8 cm³/mol. The maximum atomic E-state index is 12.2. The molecule has 1 amide bonds. The van der Waals surface area contributed by atoms with E-state index in [1.807, 2.05) is 28.0 Å². The van der Waals surface area contributed by atoms with Crippen LogP contribution in [0.25, 0.3) is 0 Å². The Bertz CT molecular complexity index is 440. The van der Waals surface area contributed by atoms with Gasteiger partial charge in [-0.15, -0.1) is 11.3 Å². The Morgan fingerprint density at radius 2 is 2.47 bits per heavy atom. The van der Waals surface area contributed by atoms with E-state index in [-0.39, 0.29) is 5.91 Å². The van der Waals surface area contributed by atoms with Crippen LogP contribution in [0, 0.1) is 0 Å². The summed E-state index contributed by atoms with van der Waals surface area (Å²) in [5, 5.41) is 6.19. The number of thiophene rings is 1. The molecule has 3 rings (SSSR count). The highest BCUT2D eigenvalue weighted by molar-refractivity contribution is 8.00. The van der Waals surface area contributed by atoms with Gasteiger partial charge in [-0.25, -0.2) is 0 Å². The van der Waals surface area contributed by atoms with Crippen molar-refractivity contribution in [2.45, 2.75) is 31.1 Å². The Kier molecular flexibility index (Phi) is 4.45. The van der Waals surface area contributed by atoms with Gasteiger partial charge in [-0.1, -0.05) is 0 Å². The van der Waals surface area contributed by atoms with Crippen molar-refractivity contribution in [2.24, 2.45) is 0 Å². The number of nitrogens with zero attached hydrogens (tertiary/aromatic N) is 1. The topological polar surface area (TPSA) is 32.3 Å². The normalized spacial score (nSPS) is 22.5. The molecule has 19 heavy (non-hydrogen) atoms. The fourth-order valence-electron chi connectivity index (χ4n) is 2.72. The molecule has 0 saturated carbocycles. The van der Waals surface area contributed by atoms with Crippen LogP contribution in [0.5, 0.6) is 0 Å². The first-order valence-electron chi connectivity index (χ1n) is 6.98. The van der Waals surface area contributed by atoms with Gasteiger partial charge in [-0.2, -0.15) is 11.8 Å². The quantitative estimate of drug-likeness (QED) is 0.924. The number of thioether (sulfide) groups is 1. The first-order chi connectivity index (χ1) is 9.33. The maximum absolute atomic E-state index is 12.2. The van der Waals surface area contributed by atoms with Crippen molar-refractivity contribution < 1.29 is 4.79 Å². The summed E-state index contributed by atoms with van der Waals surface area (Å²) < 4.78 is 0. The van der Waals surface area contributed by atoms with Crippen molar-refractivity contribution in [3.05, 3.63) is 21.9 Å². The van der Waals surface area contributed by atoms with E-state index in [1.165, 1.54) is 29.0 Å². The molecule has 1 unspecified atom stereocenters. The summed E-state index contributed by atoms with van der Waals surface area (Å²) in [6.45, 7) is 3.16. The Morgan fingerprint density at radius 3 is 3.32 bits per heavy atom.